The molecule has 1 aromatic carbocycles. The zero-order valence-electron chi connectivity index (χ0n) is 13.7. The van der Waals surface area contributed by atoms with E-state index in [0.29, 0.717) is 11.1 Å². The lowest BCUT2D eigenvalue weighted by Gasteiger charge is -2.36. The van der Waals surface area contributed by atoms with Crippen LogP contribution in [0.2, 0.25) is 18.1 Å². The van der Waals surface area contributed by atoms with E-state index in [0.717, 1.165) is 11.3 Å². The van der Waals surface area contributed by atoms with Gasteiger partial charge in [-0.3, -0.25) is 10.3 Å². The maximum Gasteiger partial charge on any atom is 0.192 e. The lowest BCUT2D eigenvalue weighted by atomic mass is 10.1. The van der Waals surface area contributed by atoms with Gasteiger partial charge in [-0.2, -0.15) is 0 Å². The third kappa shape index (κ3) is 3.98. The standard InChI is InChI=1S/C16H23BrFNO2Si/c1-16(2,3)22(4,5)20-10-12-9-15(19-21-12)11-6-7-13(17)14(18)8-11/h6-9,12,19H,10H2,1-5H3. The molecule has 2 rings (SSSR count). The van der Waals surface area contributed by atoms with E-state index < -0.39 is 8.32 Å². The number of nitrogens with one attached hydrogen (secondary N) is 1. The molecule has 1 atom stereocenters. The van der Waals surface area contributed by atoms with Gasteiger partial charge in [-0.1, -0.05) is 26.8 Å². The van der Waals surface area contributed by atoms with E-state index in [-0.39, 0.29) is 17.0 Å². The Kier molecular flexibility index (Phi) is 5.16. The average molecular weight is 388 g/mol. The topological polar surface area (TPSA) is 30.5 Å². The van der Waals surface area contributed by atoms with Crippen LogP contribution in [0.15, 0.2) is 28.7 Å². The molecule has 1 aromatic rings. The second-order valence-corrected chi connectivity index (χ2v) is 12.7. The molecule has 1 unspecified atom stereocenters. The van der Waals surface area contributed by atoms with E-state index in [2.05, 4.69) is 55.3 Å². The van der Waals surface area contributed by atoms with Crippen molar-refractivity contribution >= 4 is 29.9 Å². The van der Waals surface area contributed by atoms with Gasteiger partial charge in [0.2, 0.25) is 0 Å². The quantitative estimate of drug-likeness (QED) is 0.748. The minimum atomic E-state index is -1.79. The minimum absolute atomic E-state index is 0.157. The zero-order chi connectivity index (χ0) is 16.5. The fourth-order valence-corrected chi connectivity index (χ4v) is 3.06. The van der Waals surface area contributed by atoms with Crippen LogP contribution in [0.25, 0.3) is 5.70 Å². The van der Waals surface area contributed by atoms with Crippen molar-refractivity contribution in [2.24, 2.45) is 0 Å². The van der Waals surface area contributed by atoms with E-state index in [1.807, 2.05) is 12.1 Å². The highest BCUT2D eigenvalue weighted by Gasteiger charge is 2.38. The van der Waals surface area contributed by atoms with E-state index in [1.165, 1.54) is 6.07 Å². The molecule has 0 fully saturated rings. The molecule has 22 heavy (non-hydrogen) atoms. The van der Waals surface area contributed by atoms with E-state index in [9.17, 15) is 4.39 Å². The van der Waals surface area contributed by atoms with Crippen molar-refractivity contribution in [1.82, 2.24) is 5.48 Å². The summed E-state index contributed by atoms with van der Waals surface area (Å²) < 4.78 is 20.2. The summed E-state index contributed by atoms with van der Waals surface area (Å²) in [5, 5.41) is 0.167. The fraction of sp³-hybridized carbons (Fsp3) is 0.500. The van der Waals surface area contributed by atoms with Crippen molar-refractivity contribution in [2.45, 2.75) is 45.0 Å². The summed E-state index contributed by atoms with van der Waals surface area (Å²) in [7, 11) is -1.79. The lowest BCUT2D eigenvalue weighted by Crippen LogP contribution is -2.42. The molecule has 1 aliphatic heterocycles. The Balaban J connectivity index is 2.02. The highest BCUT2D eigenvalue weighted by molar-refractivity contribution is 9.10. The molecule has 0 radical (unpaired) electrons. The largest absolute Gasteiger partial charge is 0.414 e. The smallest absolute Gasteiger partial charge is 0.192 e. The summed E-state index contributed by atoms with van der Waals surface area (Å²) in [6.45, 7) is 11.6. The molecule has 0 aromatic heterocycles. The van der Waals surface area contributed by atoms with Crippen LogP contribution in [0.4, 0.5) is 4.39 Å². The van der Waals surface area contributed by atoms with Crippen molar-refractivity contribution in [3.63, 3.8) is 0 Å². The maximum absolute atomic E-state index is 13.6. The van der Waals surface area contributed by atoms with Crippen LogP contribution in [-0.4, -0.2) is 21.0 Å². The van der Waals surface area contributed by atoms with Gasteiger partial charge in [0.1, 0.15) is 11.9 Å². The molecular formula is C16H23BrFNO2Si. The van der Waals surface area contributed by atoms with Gasteiger partial charge in [0, 0.05) is 5.56 Å². The summed E-state index contributed by atoms with van der Waals surface area (Å²) in [4.78, 5) is 5.52. The molecular weight excluding hydrogens is 365 g/mol. The molecule has 0 saturated heterocycles. The number of hydrogen-bond donors (Lipinski definition) is 1. The summed E-state index contributed by atoms with van der Waals surface area (Å²) in [6, 6.07) is 5.00. The molecule has 0 spiro atoms. The maximum atomic E-state index is 13.6. The summed E-state index contributed by atoms with van der Waals surface area (Å²) in [6.07, 6.45) is 1.78. The average Bonchev–Trinajstić information content (AvgIpc) is 2.87. The van der Waals surface area contributed by atoms with Gasteiger partial charge in [0.15, 0.2) is 8.32 Å². The molecule has 1 N–H and O–H groups in total. The molecule has 0 amide bonds. The first-order valence-corrected chi connectivity index (χ1v) is 11.0. The summed E-state index contributed by atoms with van der Waals surface area (Å²) in [5.41, 5.74) is 4.39. The lowest BCUT2D eigenvalue weighted by molar-refractivity contribution is 0.0203. The number of halogens is 2. The number of rotatable bonds is 4. The van der Waals surface area contributed by atoms with Crippen LogP contribution in [0.1, 0.15) is 26.3 Å². The van der Waals surface area contributed by atoms with Crippen LogP contribution in [0.3, 0.4) is 0 Å². The molecule has 3 nitrogen and oxygen atoms in total. The number of hydrogen-bond acceptors (Lipinski definition) is 3. The van der Waals surface area contributed by atoms with Gasteiger partial charge < -0.3 is 4.43 Å². The van der Waals surface area contributed by atoms with Crippen molar-refractivity contribution in [2.75, 3.05) is 6.61 Å². The Morgan fingerprint density at radius 3 is 2.64 bits per heavy atom. The molecule has 0 aliphatic carbocycles. The first-order chi connectivity index (χ1) is 10.1. The highest BCUT2D eigenvalue weighted by Crippen LogP contribution is 2.36. The molecule has 6 heteroatoms. The van der Waals surface area contributed by atoms with E-state index in [1.54, 1.807) is 6.07 Å². The Hall–Kier alpha value is -0.693. The van der Waals surface area contributed by atoms with E-state index in [4.69, 9.17) is 9.26 Å². The highest BCUT2D eigenvalue weighted by atomic mass is 79.9. The first-order valence-electron chi connectivity index (χ1n) is 7.33. The predicted octanol–water partition coefficient (Wildman–Crippen LogP) is 4.85. The first kappa shape index (κ1) is 17.7. The fourth-order valence-electron chi connectivity index (χ4n) is 1.80. The SMILES string of the molecule is CC(C)(C)[Si](C)(C)OCC1C=C(c2ccc(Br)c(F)c2)NO1. The summed E-state index contributed by atoms with van der Waals surface area (Å²) >= 11 is 3.15. The minimum Gasteiger partial charge on any atom is -0.414 e. The third-order valence-electron chi connectivity index (χ3n) is 4.32. The van der Waals surface area contributed by atoms with Crippen LogP contribution in [-0.2, 0) is 9.26 Å². The number of benzene rings is 1. The van der Waals surface area contributed by atoms with Crippen molar-refractivity contribution < 1.29 is 13.7 Å². The second kappa shape index (κ2) is 6.43. The monoisotopic (exact) mass is 387 g/mol. The molecule has 0 bridgehead atoms. The molecule has 0 saturated carbocycles. The zero-order valence-corrected chi connectivity index (χ0v) is 16.3. The molecule has 1 heterocycles. The van der Waals surface area contributed by atoms with Gasteiger partial charge in [-0.15, -0.1) is 0 Å². The number of hydroxylamine groups is 1. The Labute approximate surface area is 141 Å². The van der Waals surface area contributed by atoms with Crippen LogP contribution < -0.4 is 5.48 Å². The van der Waals surface area contributed by atoms with Gasteiger partial charge in [-0.25, -0.2) is 4.39 Å². The Bertz CT molecular complexity index is 584. The van der Waals surface area contributed by atoms with Gasteiger partial charge in [0.05, 0.1) is 16.8 Å². The van der Waals surface area contributed by atoms with Gasteiger partial charge >= 0.3 is 0 Å². The predicted molar refractivity (Wildman–Crippen MR) is 93.2 cm³/mol. The summed E-state index contributed by atoms with van der Waals surface area (Å²) in [5.74, 6) is -0.291. The van der Waals surface area contributed by atoms with Crippen molar-refractivity contribution in [3.8, 4) is 0 Å². The van der Waals surface area contributed by atoms with Crippen molar-refractivity contribution in [3.05, 3.63) is 40.1 Å². The van der Waals surface area contributed by atoms with Crippen LogP contribution in [0.5, 0.6) is 0 Å². The van der Waals surface area contributed by atoms with Crippen LogP contribution in [0, 0.1) is 5.82 Å². The van der Waals surface area contributed by atoms with Gasteiger partial charge in [-0.05, 0) is 52.3 Å². The normalized spacial score (nSPS) is 19.0. The van der Waals surface area contributed by atoms with Crippen molar-refractivity contribution in [1.29, 1.82) is 0 Å². The Morgan fingerprint density at radius 1 is 1.36 bits per heavy atom. The molecule has 1 aliphatic rings. The van der Waals surface area contributed by atoms with Crippen LogP contribution >= 0.6 is 15.9 Å². The van der Waals surface area contributed by atoms with Gasteiger partial charge in [0.25, 0.3) is 0 Å². The second-order valence-electron chi connectivity index (χ2n) is 7.04. The molecule has 122 valence electrons. The van der Waals surface area contributed by atoms with E-state index >= 15 is 0 Å². The Morgan fingerprint density at radius 2 is 2.05 bits per heavy atom. The third-order valence-corrected chi connectivity index (χ3v) is 9.46.